The lowest BCUT2D eigenvalue weighted by Gasteiger charge is -2.45. The summed E-state index contributed by atoms with van der Waals surface area (Å²) in [6.07, 6.45) is 6.72. The van der Waals surface area contributed by atoms with Gasteiger partial charge in [-0.05, 0) is 86.4 Å². The molecule has 1 amide bonds. The smallest absolute Gasteiger partial charge is 0.251 e. The molecule has 3 heterocycles. The van der Waals surface area contributed by atoms with Crippen LogP contribution in [0, 0.1) is 5.92 Å². The molecule has 0 spiro atoms. The highest BCUT2D eigenvalue weighted by atomic mass is 16.5. The van der Waals surface area contributed by atoms with Crippen molar-refractivity contribution in [2.45, 2.75) is 51.2 Å². The van der Waals surface area contributed by atoms with Crippen LogP contribution in [-0.2, 0) is 19.4 Å². The van der Waals surface area contributed by atoms with Crippen molar-refractivity contribution in [2.24, 2.45) is 5.92 Å². The summed E-state index contributed by atoms with van der Waals surface area (Å²) in [5, 5.41) is 3.37. The molecule has 0 aromatic heterocycles. The number of ether oxygens (including phenoxy) is 1. The average molecular weight is 391 g/mol. The molecule has 29 heavy (non-hydrogen) atoms. The number of hydrogen-bond donors (Lipinski definition) is 1. The van der Waals surface area contributed by atoms with Crippen LogP contribution in [0.15, 0.2) is 42.5 Å². The third-order valence-corrected chi connectivity index (χ3v) is 6.95. The third-order valence-electron chi connectivity index (χ3n) is 6.95. The molecule has 0 unspecified atom stereocenters. The minimum Gasteiger partial charge on any atom is -0.489 e. The maximum atomic E-state index is 13.2. The van der Waals surface area contributed by atoms with E-state index in [2.05, 4.69) is 22.3 Å². The number of nitrogens with one attached hydrogen (secondary N) is 1. The molecule has 4 heteroatoms. The third kappa shape index (κ3) is 3.91. The Balaban J connectivity index is 1.34. The lowest BCUT2D eigenvalue weighted by molar-refractivity contribution is 0.0620. The Labute approximate surface area is 173 Å². The van der Waals surface area contributed by atoms with E-state index in [1.54, 1.807) is 0 Å². The normalized spacial score (nSPS) is 25.3. The van der Waals surface area contributed by atoms with Gasteiger partial charge in [0, 0.05) is 18.2 Å². The quantitative estimate of drug-likeness (QED) is 0.840. The van der Waals surface area contributed by atoms with E-state index in [1.807, 2.05) is 30.3 Å². The Hall–Kier alpha value is -2.33. The van der Waals surface area contributed by atoms with E-state index in [1.165, 1.54) is 49.0 Å². The molecule has 1 aliphatic carbocycles. The first-order valence-corrected chi connectivity index (χ1v) is 11.1. The SMILES string of the molecule is O=C(N[C@@H]1CN2CCC1CC2)c1ccc(OCc2ccccc2)c2c1CCCC2. The fraction of sp³-hybridized carbons (Fsp3) is 0.480. The van der Waals surface area contributed by atoms with Gasteiger partial charge in [0.15, 0.2) is 0 Å². The number of carbonyl (C=O) groups is 1. The van der Waals surface area contributed by atoms with Gasteiger partial charge in [-0.3, -0.25) is 4.79 Å². The maximum Gasteiger partial charge on any atom is 0.251 e. The van der Waals surface area contributed by atoms with Crippen molar-refractivity contribution in [3.05, 3.63) is 64.7 Å². The predicted octanol–water partition coefficient (Wildman–Crippen LogP) is 3.97. The Bertz CT molecular complexity index is 872. The molecule has 2 bridgehead atoms. The molecule has 6 rings (SSSR count). The zero-order chi connectivity index (χ0) is 19.6. The van der Waals surface area contributed by atoms with E-state index in [9.17, 15) is 4.79 Å². The molecular formula is C25H30N2O2. The molecule has 3 aliphatic heterocycles. The molecule has 0 saturated carbocycles. The molecule has 1 atom stereocenters. The van der Waals surface area contributed by atoms with Crippen LogP contribution in [0.1, 0.15) is 52.7 Å². The number of rotatable bonds is 5. The van der Waals surface area contributed by atoms with Crippen LogP contribution in [0.3, 0.4) is 0 Å². The second-order valence-electron chi connectivity index (χ2n) is 8.77. The standard InChI is InChI=1S/C25H30N2O2/c28-25(26-23-16-27-14-12-19(23)13-15-27)22-10-11-24(21-9-5-4-8-20(21)22)29-17-18-6-2-1-3-7-18/h1-3,6-7,10-11,19,23H,4-5,8-9,12-17H2,(H,26,28)/t23-/m1/s1. The topological polar surface area (TPSA) is 41.6 Å². The van der Waals surface area contributed by atoms with Gasteiger partial charge in [0.1, 0.15) is 12.4 Å². The maximum absolute atomic E-state index is 13.2. The van der Waals surface area contributed by atoms with Gasteiger partial charge in [0.25, 0.3) is 5.91 Å². The van der Waals surface area contributed by atoms with Crippen molar-refractivity contribution in [3.63, 3.8) is 0 Å². The number of piperidine rings is 3. The molecule has 2 aromatic rings. The van der Waals surface area contributed by atoms with Crippen LogP contribution in [0.5, 0.6) is 5.75 Å². The highest BCUT2D eigenvalue weighted by Crippen LogP contribution is 2.33. The molecule has 1 N–H and O–H groups in total. The molecule has 4 aliphatic rings. The van der Waals surface area contributed by atoms with Crippen LogP contribution in [0.4, 0.5) is 0 Å². The fourth-order valence-electron chi connectivity index (χ4n) is 5.29. The Kier molecular flexibility index (Phi) is 5.28. The number of carbonyl (C=O) groups excluding carboxylic acids is 1. The monoisotopic (exact) mass is 390 g/mol. The summed E-state index contributed by atoms with van der Waals surface area (Å²) in [5.41, 5.74) is 4.48. The van der Waals surface area contributed by atoms with Crippen molar-refractivity contribution in [2.75, 3.05) is 19.6 Å². The molecule has 4 nitrogen and oxygen atoms in total. The van der Waals surface area contributed by atoms with E-state index < -0.39 is 0 Å². The van der Waals surface area contributed by atoms with Crippen LogP contribution in [0.2, 0.25) is 0 Å². The van der Waals surface area contributed by atoms with Crippen LogP contribution >= 0.6 is 0 Å². The summed E-state index contributed by atoms with van der Waals surface area (Å²) < 4.78 is 6.18. The summed E-state index contributed by atoms with van der Waals surface area (Å²) in [7, 11) is 0. The lowest BCUT2D eigenvalue weighted by atomic mass is 9.83. The Morgan fingerprint density at radius 2 is 1.76 bits per heavy atom. The first kappa shape index (κ1) is 18.7. The van der Waals surface area contributed by atoms with E-state index in [-0.39, 0.29) is 5.91 Å². The predicted molar refractivity (Wildman–Crippen MR) is 114 cm³/mol. The van der Waals surface area contributed by atoms with Gasteiger partial charge in [-0.1, -0.05) is 30.3 Å². The largest absolute Gasteiger partial charge is 0.489 e. The van der Waals surface area contributed by atoms with E-state index in [4.69, 9.17) is 4.74 Å². The summed E-state index contributed by atoms with van der Waals surface area (Å²) in [6.45, 7) is 3.97. The number of fused-ring (bicyclic) bond motifs is 4. The van der Waals surface area contributed by atoms with E-state index >= 15 is 0 Å². The first-order chi connectivity index (χ1) is 14.3. The van der Waals surface area contributed by atoms with E-state index in [0.29, 0.717) is 18.6 Å². The van der Waals surface area contributed by atoms with Gasteiger partial charge < -0.3 is 15.0 Å². The van der Waals surface area contributed by atoms with Gasteiger partial charge in [-0.2, -0.15) is 0 Å². The average Bonchev–Trinajstić information content (AvgIpc) is 2.79. The number of hydrogen-bond acceptors (Lipinski definition) is 3. The number of nitrogens with zero attached hydrogens (tertiary/aromatic N) is 1. The summed E-state index contributed by atoms with van der Waals surface area (Å²) in [5.74, 6) is 1.70. The number of amides is 1. The highest BCUT2D eigenvalue weighted by molar-refractivity contribution is 5.96. The second kappa shape index (κ2) is 8.19. The minimum absolute atomic E-state index is 0.108. The second-order valence-corrected chi connectivity index (χ2v) is 8.77. The van der Waals surface area contributed by atoms with Crippen LogP contribution < -0.4 is 10.1 Å². The zero-order valence-electron chi connectivity index (χ0n) is 17.0. The van der Waals surface area contributed by atoms with Gasteiger partial charge in [-0.15, -0.1) is 0 Å². The number of benzene rings is 2. The first-order valence-electron chi connectivity index (χ1n) is 11.1. The fourth-order valence-corrected chi connectivity index (χ4v) is 5.29. The van der Waals surface area contributed by atoms with Crippen molar-refractivity contribution in [1.82, 2.24) is 10.2 Å². The molecule has 152 valence electrons. The zero-order valence-corrected chi connectivity index (χ0v) is 17.0. The summed E-state index contributed by atoms with van der Waals surface area (Å²) in [4.78, 5) is 15.7. The Morgan fingerprint density at radius 1 is 1.00 bits per heavy atom. The molecule has 0 radical (unpaired) electrons. The Morgan fingerprint density at radius 3 is 2.48 bits per heavy atom. The van der Waals surface area contributed by atoms with Crippen LogP contribution in [0.25, 0.3) is 0 Å². The van der Waals surface area contributed by atoms with E-state index in [0.717, 1.165) is 37.1 Å². The van der Waals surface area contributed by atoms with Crippen molar-refractivity contribution >= 4 is 5.91 Å². The van der Waals surface area contributed by atoms with Gasteiger partial charge >= 0.3 is 0 Å². The van der Waals surface area contributed by atoms with Crippen molar-refractivity contribution in [3.8, 4) is 5.75 Å². The van der Waals surface area contributed by atoms with Gasteiger partial charge in [-0.25, -0.2) is 0 Å². The van der Waals surface area contributed by atoms with Gasteiger partial charge in [0.2, 0.25) is 0 Å². The summed E-state index contributed by atoms with van der Waals surface area (Å²) >= 11 is 0. The lowest BCUT2D eigenvalue weighted by Crippen LogP contribution is -2.57. The molecule has 3 fully saturated rings. The molecule has 3 saturated heterocycles. The summed E-state index contributed by atoms with van der Waals surface area (Å²) in [6, 6.07) is 14.6. The molecule has 2 aromatic carbocycles. The highest BCUT2D eigenvalue weighted by Gasteiger charge is 2.35. The molecular weight excluding hydrogens is 360 g/mol. The van der Waals surface area contributed by atoms with Gasteiger partial charge in [0.05, 0.1) is 0 Å². The van der Waals surface area contributed by atoms with Crippen molar-refractivity contribution < 1.29 is 9.53 Å². The minimum atomic E-state index is 0.108. The van der Waals surface area contributed by atoms with Crippen LogP contribution in [-0.4, -0.2) is 36.5 Å². The van der Waals surface area contributed by atoms with Crippen molar-refractivity contribution in [1.29, 1.82) is 0 Å².